The van der Waals surface area contributed by atoms with Gasteiger partial charge in [-0.05, 0) is 47.0 Å². The molecule has 3 nitrogen and oxygen atoms in total. The van der Waals surface area contributed by atoms with E-state index in [1.54, 1.807) is 0 Å². The summed E-state index contributed by atoms with van der Waals surface area (Å²) < 4.78 is 0. The summed E-state index contributed by atoms with van der Waals surface area (Å²) in [6.07, 6.45) is 2.54. The van der Waals surface area contributed by atoms with Crippen molar-refractivity contribution in [3.63, 3.8) is 0 Å². The predicted molar refractivity (Wildman–Crippen MR) is 66.3 cm³/mol. The van der Waals surface area contributed by atoms with Crippen LogP contribution in [-0.4, -0.2) is 62.2 Å². The third-order valence-corrected chi connectivity index (χ3v) is 3.31. The second-order valence-corrected chi connectivity index (χ2v) is 5.02. The van der Waals surface area contributed by atoms with E-state index in [4.69, 9.17) is 0 Å². The molecule has 1 N–H and O–H groups in total. The van der Waals surface area contributed by atoms with Gasteiger partial charge >= 0.3 is 0 Å². The average molecular weight is 213 g/mol. The molecule has 1 saturated heterocycles. The van der Waals surface area contributed by atoms with Gasteiger partial charge in [-0.2, -0.15) is 0 Å². The third kappa shape index (κ3) is 4.49. The lowest BCUT2D eigenvalue weighted by Gasteiger charge is -2.30. The van der Waals surface area contributed by atoms with Crippen LogP contribution in [0.3, 0.4) is 0 Å². The molecule has 1 fully saturated rings. The van der Waals surface area contributed by atoms with Crippen LogP contribution in [0.15, 0.2) is 0 Å². The molecule has 0 aromatic rings. The Hall–Kier alpha value is -0.120. The highest BCUT2D eigenvalue weighted by Crippen LogP contribution is 2.08. The second-order valence-electron chi connectivity index (χ2n) is 5.02. The third-order valence-electron chi connectivity index (χ3n) is 3.31. The molecule has 1 heterocycles. The Kier molecular flexibility index (Phi) is 5.58. The largest absolute Gasteiger partial charge is 0.311 e. The van der Waals surface area contributed by atoms with Crippen LogP contribution >= 0.6 is 0 Å². The smallest absolute Gasteiger partial charge is 0.0322 e. The van der Waals surface area contributed by atoms with Crippen LogP contribution in [0, 0.1) is 0 Å². The van der Waals surface area contributed by atoms with Crippen molar-refractivity contribution in [2.24, 2.45) is 0 Å². The van der Waals surface area contributed by atoms with Crippen molar-refractivity contribution in [2.45, 2.75) is 38.8 Å². The topological polar surface area (TPSA) is 18.5 Å². The van der Waals surface area contributed by atoms with Crippen LogP contribution in [0.2, 0.25) is 0 Å². The fourth-order valence-corrected chi connectivity index (χ4v) is 2.25. The normalized spacial score (nSPS) is 26.6. The summed E-state index contributed by atoms with van der Waals surface area (Å²) in [6, 6.07) is 1.37. The highest BCUT2D eigenvalue weighted by Gasteiger charge is 2.20. The maximum absolute atomic E-state index is 3.64. The monoisotopic (exact) mass is 213 g/mol. The van der Waals surface area contributed by atoms with Gasteiger partial charge < -0.3 is 10.2 Å². The highest BCUT2D eigenvalue weighted by atomic mass is 15.2. The quantitative estimate of drug-likeness (QED) is 0.752. The first kappa shape index (κ1) is 12.9. The van der Waals surface area contributed by atoms with E-state index in [1.807, 2.05) is 0 Å². The number of hydrogen-bond donors (Lipinski definition) is 1. The standard InChI is InChI=1S/C12H27N3/c1-5-11(2)15-8-6-7-13-12(10-15)9-14(3)4/h11-13H,5-10H2,1-4H3. The summed E-state index contributed by atoms with van der Waals surface area (Å²) in [6.45, 7) is 9.40. The van der Waals surface area contributed by atoms with Gasteiger partial charge in [0.2, 0.25) is 0 Å². The zero-order chi connectivity index (χ0) is 11.3. The first-order valence-corrected chi connectivity index (χ1v) is 6.25. The first-order valence-electron chi connectivity index (χ1n) is 6.25. The van der Waals surface area contributed by atoms with E-state index in [0.717, 1.165) is 12.6 Å². The van der Waals surface area contributed by atoms with E-state index < -0.39 is 0 Å². The molecule has 1 aliphatic rings. The van der Waals surface area contributed by atoms with Crippen molar-refractivity contribution in [2.75, 3.05) is 40.3 Å². The van der Waals surface area contributed by atoms with E-state index in [9.17, 15) is 0 Å². The van der Waals surface area contributed by atoms with Gasteiger partial charge in [-0.15, -0.1) is 0 Å². The zero-order valence-electron chi connectivity index (χ0n) is 10.8. The molecule has 0 amide bonds. The second kappa shape index (κ2) is 6.46. The Labute approximate surface area is 94.8 Å². The Balaban J connectivity index is 2.45. The molecule has 0 aromatic heterocycles. The molecule has 2 unspecified atom stereocenters. The van der Waals surface area contributed by atoms with Crippen molar-refractivity contribution in [3.8, 4) is 0 Å². The lowest BCUT2D eigenvalue weighted by atomic mass is 10.2. The molecule has 0 spiro atoms. The minimum Gasteiger partial charge on any atom is -0.311 e. The van der Waals surface area contributed by atoms with Crippen molar-refractivity contribution < 1.29 is 0 Å². The van der Waals surface area contributed by atoms with Crippen LogP contribution < -0.4 is 5.32 Å². The Morgan fingerprint density at radius 2 is 2.20 bits per heavy atom. The van der Waals surface area contributed by atoms with E-state index in [2.05, 4.69) is 43.1 Å². The molecule has 1 rings (SSSR count). The molecular weight excluding hydrogens is 186 g/mol. The molecule has 0 bridgehead atoms. The maximum atomic E-state index is 3.64. The summed E-state index contributed by atoms with van der Waals surface area (Å²) in [5, 5.41) is 3.64. The van der Waals surface area contributed by atoms with E-state index in [0.29, 0.717) is 6.04 Å². The van der Waals surface area contributed by atoms with E-state index >= 15 is 0 Å². The summed E-state index contributed by atoms with van der Waals surface area (Å²) in [5.74, 6) is 0. The number of hydrogen-bond acceptors (Lipinski definition) is 3. The van der Waals surface area contributed by atoms with Crippen LogP contribution in [-0.2, 0) is 0 Å². The molecule has 0 radical (unpaired) electrons. The van der Waals surface area contributed by atoms with Crippen molar-refractivity contribution in [1.29, 1.82) is 0 Å². The van der Waals surface area contributed by atoms with E-state index in [1.165, 1.54) is 32.5 Å². The predicted octanol–water partition coefficient (Wildman–Crippen LogP) is 1.01. The van der Waals surface area contributed by atoms with E-state index in [-0.39, 0.29) is 0 Å². The molecule has 0 aliphatic carbocycles. The van der Waals surface area contributed by atoms with Crippen LogP contribution in [0.1, 0.15) is 26.7 Å². The maximum Gasteiger partial charge on any atom is 0.0322 e. The van der Waals surface area contributed by atoms with Gasteiger partial charge in [-0.1, -0.05) is 6.92 Å². The summed E-state index contributed by atoms with van der Waals surface area (Å²) in [5.41, 5.74) is 0. The summed E-state index contributed by atoms with van der Waals surface area (Å²) >= 11 is 0. The Morgan fingerprint density at radius 3 is 2.80 bits per heavy atom. The average Bonchev–Trinajstić information content (AvgIpc) is 2.41. The lowest BCUT2D eigenvalue weighted by molar-refractivity contribution is 0.189. The van der Waals surface area contributed by atoms with Gasteiger partial charge in [0.1, 0.15) is 0 Å². The fraction of sp³-hybridized carbons (Fsp3) is 1.00. The number of likely N-dealkylation sites (N-methyl/N-ethyl adjacent to an activating group) is 1. The zero-order valence-corrected chi connectivity index (χ0v) is 10.8. The Bertz CT molecular complexity index is 170. The van der Waals surface area contributed by atoms with Crippen LogP contribution in [0.5, 0.6) is 0 Å². The SMILES string of the molecule is CCC(C)N1CCCNC(CN(C)C)C1. The van der Waals surface area contributed by atoms with Crippen LogP contribution in [0.4, 0.5) is 0 Å². The minimum absolute atomic E-state index is 0.636. The summed E-state index contributed by atoms with van der Waals surface area (Å²) in [7, 11) is 4.31. The van der Waals surface area contributed by atoms with Crippen molar-refractivity contribution in [1.82, 2.24) is 15.1 Å². The molecule has 0 aromatic carbocycles. The molecule has 2 atom stereocenters. The molecule has 0 saturated carbocycles. The number of nitrogens with zero attached hydrogens (tertiary/aromatic N) is 2. The molecule has 15 heavy (non-hydrogen) atoms. The van der Waals surface area contributed by atoms with Gasteiger partial charge in [0.15, 0.2) is 0 Å². The van der Waals surface area contributed by atoms with Gasteiger partial charge in [0.25, 0.3) is 0 Å². The van der Waals surface area contributed by atoms with Crippen molar-refractivity contribution >= 4 is 0 Å². The lowest BCUT2D eigenvalue weighted by Crippen LogP contribution is -2.46. The van der Waals surface area contributed by atoms with Crippen molar-refractivity contribution in [3.05, 3.63) is 0 Å². The first-order chi connectivity index (χ1) is 7.13. The molecule has 1 aliphatic heterocycles. The highest BCUT2D eigenvalue weighted by molar-refractivity contribution is 4.80. The Morgan fingerprint density at radius 1 is 1.47 bits per heavy atom. The molecular formula is C12H27N3. The van der Waals surface area contributed by atoms with Gasteiger partial charge in [0.05, 0.1) is 0 Å². The fourth-order valence-electron chi connectivity index (χ4n) is 2.25. The molecule has 3 heteroatoms. The van der Waals surface area contributed by atoms with Crippen LogP contribution in [0.25, 0.3) is 0 Å². The van der Waals surface area contributed by atoms with Gasteiger partial charge in [-0.25, -0.2) is 0 Å². The number of nitrogens with one attached hydrogen (secondary N) is 1. The number of rotatable bonds is 4. The van der Waals surface area contributed by atoms with Gasteiger partial charge in [0, 0.05) is 25.2 Å². The molecule has 90 valence electrons. The minimum atomic E-state index is 0.636. The summed E-state index contributed by atoms with van der Waals surface area (Å²) in [4.78, 5) is 4.91. The van der Waals surface area contributed by atoms with Gasteiger partial charge in [-0.3, -0.25) is 4.90 Å².